The molecule has 110 valence electrons. The number of rotatable bonds is 4. The predicted octanol–water partition coefficient (Wildman–Crippen LogP) is 4.07. The van der Waals surface area contributed by atoms with E-state index in [2.05, 4.69) is 15.3 Å². The van der Waals surface area contributed by atoms with Crippen LogP contribution in [0.5, 0.6) is 0 Å². The van der Waals surface area contributed by atoms with Crippen LogP contribution in [0.25, 0.3) is 0 Å². The molecular formula is C16H13ClN4S. The van der Waals surface area contributed by atoms with Crippen LogP contribution >= 0.6 is 23.8 Å². The molecule has 3 rings (SSSR count). The molecule has 22 heavy (non-hydrogen) atoms. The average Bonchev–Trinajstić information content (AvgIpc) is 2.88. The number of benzene rings is 2. The second kappa shape index (κ2) is 6.68. The molecule has 1 N–H and O–H groups in total. The number of nitrogens with one attached hydrogen (secondary N) is 1. The first kappa shape index (κ1) is 14.7. The van der Waals surface area contributed by atoms with E-state index in [9.17, 15) is 0 Å². The monoisotopic (exact) mass is 328 g/mol. The van der Waals surface area contributed by atoms with Crippen LogP contribution in [0.3, 0.4) is 0 Å². The lowest BCUT2D eigenvalue weighted by atomic mass is 10.1. The zero-order valence-corrected chi connectivity index (χ0v) is 13.2. The molecular weight excluding hydrogens is 316 g/mol. The normalized spacial score (nSPS) is 11.1. The van der Waals surface area contributed by atoms with Crippen LogP contribution in [0.4, 0.5) is 0 Å². The molecule has 0 atom stereocenters. The van der Waals surface area contributed by atoms with E-state index in [1.54, 1.807) is 10.9 Å². The number of hydrogen-bond acceptors (Lipinski definition) is 3. The van der Waals surface area contributed by atoms with Crippen LogP contribution in [0.2, 0.25) is 5.02 Å². The van der Waals surface area contributed by atoms with Crippen LogP contribution in [0.15, 0.2) is 59.7 Å². The highest BCUT2D eigenvalue weighted by molar-refractivity contribution is 7.71. The summed E-state index contributed by atoms with van der Waals surface area (Å²) in [5, 5.41) is 12.1. The third-order valence-corrected chi connectivity index (χ3v) is 3.75. The number of nitrogens with zero attached hydrogens (tertiary/aromatic N) is 3. The molecule has 0 aliphatic heterocycles. The fourth-order valence-corrected chi connectivity index (χ4v) is 2.42. The number of aromatic nitrogens is 3. The second-order valence-electron chi connectivity index (χ2n) is 4.69. The SMILES string of the molecule is S=c1[nH]nc(Cc2ccccc2)n1/N=C\c1ccccc1Cl. The summed E-state index contributed by atoms with van der Waals surface area (Å²) in [6, 6.07) is 17.6. The smallest absolute Gasteiger partial charge is 0.216 e. The summed E-state index contributed by atoms with van der Waals surface area (Å²) in [6.45, 7) is 0. The van der Waals surface area contributed by atoms with Crippen LogP contribution in [-0.4, -0.2) is 21.1 Å². The molecule has 0 aliphatic rings. The number of H-pyrrole nitrogens is 1. The Labute approximate surface area is 138 Å². The van der Waals surface area contributed by atoms with Gasteiger partial charge >= 0.3 is 0 Å². The Morgan fingerprint density at radius 2 is 1.86 bits per heavy atom. The summed E-state index contributed by atoms with van der Waals surface area (Å²) in [5.74, 6) is 0.750. The molecule has 0 saturated heterocycles. The standard InChI is InChI=1S/C16H13ClN4S/c17-14-9-5-4-8-13(14)11-18-21-15(19-20-16(21)22)10-12-6-2-1-3-7-12/h1-9,11H,10H2,(H,20,22)/b18-11-. The summed E-state index contributed by atoms with van der Waals surface area (Å²) in [6.07, 6.45) is 2.33. The van der Waals surface area contributed by atoms with Gasteiger partial charge in [-0.25, -0.2) is 0 Å². The van der Waals surface area contributed by atoms with Gasteiger partial charge in [0.2, 0.25) is 4.77 Å². The zero-order valence-electron chi connectivity index (χ0n) is 11.6. The molecule has 0 aliphatic carbocycles. The van der Waals surface area contributed by atoms with E-state index in [4.69, 9.17) is 23.8 Å². The Morgan fingerprint density at radius 1 is 1.14 bits per heavy atom. The van der Waals surface area contributed by atoms with E-state index >= 15 is 0 Å². The number of halogens is 1. The molecule has 0 fully saturated rings. The Bertz CT molecular complexity index is 852. The summed E-state index contributed by atoms with van der Waals surface area (Å²) < 4.78 is 2.07. The van der Waals surface area contributed by atoms with E-state index in [0.717, 1.165) is 17.0 Å². The lowest BCUT2D eigenvalue weighted by Gasteiger charge is -2.01. The molecule has 1 heterocycles. The van der Waals surface area contributed by atoms with E-state index in [1.165, 1.54) is 0 Å². The molecule has 6 heteroatoms. The Balaban J connectivity index is 1.90. The van der Waals surface area contributed by atoms with Crippen molar-refractivity contribution in [1.29, 1.82) is 0 Å². The lowest BCUT2D eigenvalue weighted by molar-refractivity contribution is 0.792. The van der Waals surface area contributed by atoms with Crippen molar-refractivity contribution >= 4 is 30.0 Å². The molecule has 0 unspecified atom stereocenters. The quantitative estimate of drug-likeness (QED) is 0.579. The fourth-order valence-electron chi connectivity index (χ4n) is 2.04. The number of aromatic amines is 1. The van der Waals surface area contributed by atoms with E-state index < -0.39 is 0 Å². The first-order valence-electron chi connectivity index (χ1n) is 6.73. The third kappa shape index (κ3) is 3.32. The van der Waals surface area contributed by atoms with Crippen LogP contribution in [-0.2, 0) is 6.42 Å². The van der Waals surface area contributed by atoms with Gasteiger partial charge in [-0.3, -0.25) is 5.10 Å². The van der Waals surface area contributed by atoms with Gasteiger partial charge in [0, 0.05) is 17.0 Å². The van der Waals surface area contributed by atoms with Crippen LogP contribution in [0, 0.1) is 4.77 Å². The largest absolute Gasteiger partial charge is 0.250 e. The van der Waals surface area contributed by atoms with E-state index in [0.29, 0.717) is 16.2 Å². The lowest BCUT2D eigenvalue weighted by Crippen LogP contribution is -2.00. The van der Waals surface area contributed by atoms with Crippen molar-refractivity contribution < 1.29 is 0 Å². The zero-order chi connectivity index (χ0) is 15.4. The Hall–Kier alpha value is -2.24. The van der Waals surface area contributed by atoms with Gasteiger partial charge in [-0.2, -0.15) is 14.9 Å². The molecule has 0 saturated carbocycles. The molecule has 0 amide bonds. The summed E-state index contributed by atoms with van der Waals surface area (Å²) in [4.78, 5) is 0. The van der Waals surface area contributed by atoms with Gasteiger partial charge < -0.3 is 0 Å². The maximum atomic E-state index is 6.12. The highest BCUT2D eigenvalue weighted by Crippen LogP contribution is 2.13. The molecule has 3 aromatic rings. The Kier molecular flexibility index (Phi) is 4.46. The van der Waals surface area contributed by atoms with Crippen LogP contribution < -0.4 is 0 Å². The highest BCUT2D eigenvalue weighted by Gasteiger charge is 2.06. The fraction of sp³-hybridized carbons (Fsp3) is 0.0625. The third-order valence-electron chi connectivity index (χ3n) is 3.14. The van der Waals surface area contributed by atoms with Crippen molar-refractivity contribution in [1.82, 2.24) is 14.9 Å². The molecule has 2 aromatic carbocycles. The van der Waals surface area contributed by atoms with Crippen molar-refractivity contribution in [3.63, 3.8) is 0 Å². The molecule has 4 nitrogen and oxygen atoms in total. The molecule has 0 radical (unpaired) electrons. The first-order chi connectivity index (χ1) is 10.7. The van der Waals surface area contributed by atoms with Gasteiger partial charge in [0.05, 0.1) is 6.21 Å². The minimum Gasteiger partial charge on any atom is -0.250 e. The maximum Gasteiger partial charge on any atom is 0.216 e. The van der Waals surface area contributed by atoms with Crippen molar-refractivity contribution in [2.24, 2.45) is 5.10 Å². The Morgan fingerprint density at radius 3 is 2.64 bits per heavy atom. The van der Waals surface area contributed by atoms with Crippen molar-refractivity contribution in [3.05, 3.63) is 81.3 Å². The van der Waals surface area contributed by atoms with Crippen molar-refractivity contribution in [2.45, 2.75) is 6.42 Å². The van der Waals surface area contributed by atoms with Crippen molar-refractivity contribution in [3.8, 4) is 0 Å². The summed E-state index contributed by atoms with van der Waals surface area (Å²) in [7, 11) is 0. The molecule has 0 spiro atoms. The average molecular weight is 329 g/mol. The van der Waals surface area contributed by atoms with E-state index in [-0.39, 0.29) is 0 Å². The second-order valence-corrected chi connectivity index (χ2v) is 5.48. The molecule has 0 bridgehead atoms. The number of hydrogen-bond donors (Lipinski definition) is 1. The van der Waals surface area contributed by atoms with Gasteiger partial charge in [-0.05, 0) is 23.8 Å². The summed E-state index contributed by atoms with van der Waals surface area (Å²) in [5.41, 5.74) is 1.98. The highest BCUT2D eigenvalue weighted by atomic mass is 35.5. The molecule has 1 aromatic heterocycles. The van der Waals surface area contributed by atoms with Gasteiger partial charge in [-0.1, -0.05) is 60.1 Å². The van der Waals surface area contributed by atoms with Gasteiger partial charge in [-0.15, -0.1) is 0 Å². The minimum atomic E-state index is 0.453. The predicted molar refractivity (Wildman–Crippen MR) is 91.1 cm³/mol. The maximum absolute atomic E-state index is 6.12. The van der Waals surface area contributed by atoms with Gasteiger partial charge in [0.1, 0.15) is 0 Å². The van der Waals surface area contributed by atoms with Crippen LogP contribution in [0.1, 0.15) is 17.0 Å². The van der Waals surface area contributed by atoms with Gasteiger partial charge in [0.25, 0.3) is 0 Å². The minimum absolute atomic E-state index is 0.453. The first-order valence-corrected chi connectivity index (χ1v) is 7.52. The van der Waals surface area contributed by atoms with E-state index in [1.807, 2.05) is 54.6 Å². The van der Waals surface area contributed by atoms with Gasteiger partial charge in [0.15, 0.2) is 5.82 Å². The van der Waals surface area contributed by atoms with Crippen molar-refractivity contribution in [2.75, 3.05) is 0 Å². The summed E-state index contributed by atoms with van der Waals surface area (Å²) >= 11 is 11.4. The topological polar surface area (TPSA) is 46.0 Å².